The summed E-state index contributed by atoms with van der Waals surface area (Å²) >= 11 is 5.67. The normalized spacial score (nSPS) is 10.4. The Morgan fingerprint density at radius 2 is 2.28 bits per heavy atom. The number of rotatable bonds is 3. The quantitative estimate of drug-likeness (QED) is 0.869. The second-order valence-corrected chi connectivity index (χ2v) is 3.78. The molecular weight excluding hydrogens is 261 g/mol. The van der Waals surface area contributed by atoms with Crippen LogP contribution in [0.5, 0.6) is 0 Å². The van der Waals surface area contributed by atoms with Crippen LogP contribution in [0.25, 0.3) is 11.3 Å². The molecule has 0 fully saturated rings. The molecule has 0 spiro atoms. The number of nitrogens with one attached hydrogen (secondary N) is 1. The fourth-order valence-corrected chi connectivity index (χ4v) is 1.60. The van der Waals surface area contributed by atoms with Crippen LogP contribution in [0.3, 0.4) is 0 Å². The molecule has 1 heterocycles. The van der Waals surface area contributed by atoms with Crippen molar-refractivity contribution in [2.75, 3.05) is 6.61 Å². The van der Waals surface area contributed by atoms with Gasteiger partial charge < -0.3 is 4.74 Å². The zero-order valence-electron chi connectivity index (χ0n) is 9.41. The average molecular weight is 270 g/mol. The highest BCUT2D eigenvalue weighted by molar-refractivity contribution is 6.31. The molecule has 2 aromatic rings. The maximum absolute atomic E-state index is 13.1. The number of benzene rings is 1. The summed E-state index contributed by atoms with van der Waals surface area (Å²) in [4.78, 5) is 11.6. The van der Waals surface area contributed by atoms with Crippen LogP contribution in [0.1, 0.15) is 17.4 Å². The molecule has 5 nitrogen and oxygen atoms in total. The molecule has 1 N–H and O–H groups in total. The Bertz CT molecular complexity index is 585. The van der Waals surface area contributed by atoms with Crippen LogP contribution in [0, 0.1) is 5.82 Å². The van der Waals surface area contributed by atoms with Crippen LogP contribution in [-0.2, 0) is 4.74 Å². The van der Waals surface area contributed by atoms with Gasteiger partial charge in [-0.15, -0.1) is 5.10 Å². The number of carbonyl (C=O) groups excluding carboxylic acids is 1. The molecule has 0 bridgehead atoms. The number of carbonyl (C=O) groups is 1. The van der Waals surface area contributed by atoms with Crippen molar-refractivity contribution in [3.8, 4) is 11.3 Å². The van der Waals surface area contributed by atoms with Gasteiger partial charge in [-0.05, 0) is 25.1 Å². The van der Waals surface area contributed by atoms with Crippen molar-refractivity contribution in [2.24, 2.45) is 0 Å². The van der Waals surface area contributed by atoms with Crippen molar-refractivity contribution >= 4 is 17.6 Å². The number of H-pyrrole nitrogens is 1. The Balaban J connectivity index is 2.42. The SMILES string of the molecule is CCOC(=O)c1n[nH]nc1-c1ccc(F)c(Cl)c1. The van der Waals surface area contributed by atoms with Crippen molar-refractivity contribution in [1.29, 1.82) is 0 Å². The summed E-state index contributed by atoms with van der Waals surface area (Å²) in [6.07, 6.45) is 0. The van der Waals surface area contributed by atoms with Crippen molar-refractivity contribution in [3.05, 3.63) is 34.7 Å². The molecule has 2 rings (SSSR count). The number of hydrogen-bond acceptors (Lipinski definition) is 4. The predicted molar refractivity (Wildman–Crippen MR) is 62.7 cm³/mol. The summed E-state index contributed by atoms with van der Waals surface area (Å²) in [5.74, 6) is -1.14. The lowest BCUT2D eigenvalue weighted by atomic mass is 10.1. The molecule has 1 aromatic carbocycles. The number of aromatic amines is 1. The Morgan fingerprint density at radius 3 is 2.94 bits per heavy atom. The second-order valence-electron chi connectivity index (χ2n) is 3.37. The zero-order valence-corrected chi connectivity index (χ0v) is 10.2. The molecular formula is C11H9ClFN3O2. The lowest BCUT2D eigenvalue weighted by Crippen LogP contribution is -2.06. The summed E-state index contributed by atoms with van der Waals surface area (Å²) in [6, 6.07) is 4.03. The van der Waals surface area contributed by atoms with Gasteiger partial charge >= 0.3 is 5.97 Å². The van der Waals surface area contributed by atoms with Gasteiger partial charge in [0.1, 0.15) is 11.5 Å². The summed E-state index contributed by atoms with van der Waals surface area (Å²) in [7, 11) is 0. The van der Waals surface area contributed by atoms with Gasteiger partial charge in [0.25, 0.3) is 0 Å². The lowest BCUT2D eigenvalue weighted by Gasteiger charge is -2.02. The predicted octanol–water partition coefficient (Wildman–Crippen LogP) is 2.44. The topological polar surface area (TPSA) is 67.9 Å². The highest BCUT2D eigenvalue weighted by Crippen LogP contribution is 2.25. The minimum Gasteiger partial charge on any atom is -0.461 e. The Kier molecular flexibility index (Phi) is 3.57. The fraction of sp³-hybridized carbons (Fsp3) is 0.182. The molecule has 0 unspecified atom stereocenters. The van der Waals surface area contributed by atoms with Crippen LogP contribution in [0.4, 0.5) is 4.39 Å². The monoisotopic (exact) mass is 269 g/mol. The molecule has 0 amide bonds. The molecule has 1 aromatic heterocycles. The third-order valence-electron chi connectivity index (χ3n) is 2.21. The van der Waals surface area contributed by atoms with Gasteiger partial charge in [-0.1, -0.05) is 11.6 Å². The second kappa shape index (κ2) is 5.14. The van der Waals surface area contributed by atoms with E-state index in [0.717, 1.165) is 0 Å². The number of hydrogen-bond donors (Lipinski definition) is 1. The van der Waals surface area contributed by atoms with Crippen molar-refractivity contribution < 1.29 is 13.9 Å². The number of esters is 1. The van der Waals surface area contributed by atoms with Gasteiger partial charge in [0.15, 0.2) is 5.69 Å². The van der Waals surface area contributed by atoms with Crippen LogP contribution in [-0.4, -0.2) is 28.0 Å². The summed E-state index contributed by atoms with van der Waals surface area (Å²) < 4.78 is 17.9. The largest absolute Gasteiger partial charge is 0.461 e. The fourth-order valence-electron chi connectivity index (χ4n) is 1.42. The third kappa shape index (κ3) is 2.33. The van der Waals surface area contributed by atoms with Gasteiger partial charge in [0.05, 0.1) is 11.6 Å². The average Bonchev–Trinajstić information content (AvgIpc) is 2.82. The van der Waals surface area contributed by atoms with E-state index in [4.69, 9.17) is 16.3 Å². The molecule has 7 heteroatoms. The van der Waals surface area contributed by atoms with E-state index in [0.29, 0.717) is 5.56 Å². The molecule has 0 aliphatic rings. The minimum absolute atomic E-state index is 0.0412. The maximum atomic E-state index is 13.1. The van der Waals surface area contributed by atoms with Gasteiger partial charge in [0.2, 0.25) is 0 Å². The summed E-state index contributed by atoms with van der Waals surface area (Å²) in [6.45, 7) is 1.92. The number of aromatic nitrogens is 3. The highest BCUT2D eigenvalue weighted by atomic mass is 35.5. The number of nitrogens with zero attached hydrogens (tertiary/aromatic N) is 2. The van der Waals surface area contributed by atoms with Crippen LogP contribution in [0.2, 0.25) is 5.02 Å². The van der Waals surface area contributed by atoms with Crippen LogP contribution in [0.15, 0.2) is 18.2 Å². The van der Waals surface area contributed by atoms with Gasteiger partial charge in [-0.25, -0.2) is 9.18 Å². The molecule has 0 aliphatic heterocycles. The van der Waals surface area contributed by atoms with Crippen LogP contribution < -0.4 is 0 Å². The first kappa shape index (κ1) is 12.5. The van der Waals surface area contributed by atoms with Crippen molar-refractivity contribution in [2.45, 2.75) is 6.92 Å². The molecule has 0 saturated carbocycles. The van der Waals surface area contributed by atoms with Gasteiger partial charge in [0, 0.05) is 5.56 Å². The van der Waals surface area contributed by atoms with E-state index in [-0.39, 0.29) is 23.0 Å². The van der Waals surface area contributed by atoms with Crippen molar-refractivity contribution in [3.63, 3.8) is 0 Å². The maximum Gasteiger partial charge on any atom is 0.361 e. The zero-order chi connectivity index (χ0) is 13.1. The van der Waals surface area contributed by atoms with E-state index < -0.39 is 11.8 Å². The van der Waals surface area contributed by atoms with E-state index in [2.05, 4.69) is 15.4 Å². The first-order valence-electron chi connectivity index (χ1n) is 5.16. The molecule has 0 atom stereocenters. The minimum atomic E-state index is -0.596. The van der Waals surface area contributed by atoms with E-state index in [1.54, 1.807) is 6.92 Å². The van der Waals surface area contributed by atoms with Gasteiger partial charge in [-0.2, -0.15) is 10.3 Å². The lowest BCUT2D eigenvalue weighted by molar-refractivity contribution is 0.0520. The van der Waals surface area contributed by atoms with Crippen LogP contribution >= 0.6 is 11.6 Å². The van der Waals surface area contributed by atoms with E-state index in [1.807, 2.05) is 0 Å². The Labute approximate surface area is 107 Å². The molecule has 0 radical (unpaired) electrons. The Hall–Kier alpha value is -1.95. The first-order chi connectivity index (χ1) is 8.63. The summed E-state index contributed by atoms with van der Waals surface area (Å²) in [5.41, 5.74) is 0.799. The number of ether oxygens (including phenoxy) is 1. The highest BCUT2D eigenvalue weighted by Gasteiger charge is 2.19. The summed E-state index contributed by atoms with van der Waals surface area (Å²) in [5, 5.41) is 9.84. The molecule has 94 valence electrons. The molecule has 0 aliphatic carbocycles. The Morgan fingerprint density at radius 1 is 1.50 bits per heavy atom. The van der Waals surface area contributed by atoms with E-state index in [1.165, 1.54) is 18.2 Å². The van der Waals surface area contributed by atoms with E-state index in [9.17, 15) is 9.18 Å². The van der Waals surface area contributed by atoms with Crippen molar-refractivity contribution in [1.82, 2.24) is 15.4 Å². The van der Waals surface area contributed by atoms with E-state index >= 15 is 0 Å². The third-order valence-corrected chi connectivity index (χ3v) is 2.50. The first-order valence-corrected chi connectivity index (χ1v) is 5.54. The number of halogens is 2. The molecule has 18 heavy (non-hydrogen) atoms. The smallest absolute Gasteiger partial charge is 0.361 e. The molecule has 0 saturated heterocycles. The van der Waals surface area contributed by atoms with Gasteiger partial charge in [-0.3, -0.25) is 0 Å². The standard InChI is InChI=1S/C11H9ClFN3O2/c1-2-18-11(17)10-9(14-16-15-10)6-3-4-8(13)7(12)5-6/h3-5H,2H2,1H3,(H,14,15,16).